The predicted molar refractivity (Wildman–Crippen MR) is 113 cm³/mol. The number of furan rings is 1. The molecule has 7 nitrogen and oxygen atoms in total. The third-order valence-electron chi connectivity index (χ3n) is 4.96. The summed E-state index contributed by atoms with van der Waals surface area (Å²) in [6, 6.07) is 5.83. The van der Waals surface area contributed by atoms with E-state index in [9.17, 15) is 4.79 Å². The highest BCUT2D eigenvalue weighted by atomic mass is 35.5. The number of aromatic nitrogens is 3. The molecule has 4 heterocycles. The van der Waals surface area contributed by atoms with E-state index in [-0.39, 0.29) is 42.8 Å². The van der Waals surface area contributed by atoms with Crippen molar-refractivity contribution in [3.8, 4) is 11.5 Å². The van der Waals surface area contributed by atoms with Crippen molar-refractivity contribution in [3.05, 3.63) is 36.2 Å². The first-order valence-corrected chi connectivity index (χ1v) is 8.96. The summed E-state index contributed by atoms with van der Waals surface area (Å²) in [4.78, 5) is 19.8. The zero-order valence-corrected chi connectivity index (χ0v) is 17.7. The minimum absolute atomic E-state index is 0. The lowest BCUT2D eigenvalue weighted by Gasteiger charge is -2.24. The van der Waals surface area contributed by atoms with Gasteiger partial charge in [-0.2, -0.15) is 5.10 Å². The maximum absolute atomic E-state index is 13.2. The molecule has 0 aliphatic carbocycles. The molecule has 1 saturated heterocycles. The Morgan fingerprint density at radius 3 is 2.79 bits per heavy atom. The first kappa shape index (κ1) is 22.2. The lowest BCUT2D eigenvalue weighted by molar-refractivity contribution is 0.0745. The minimum Gasteiger partial charge on any atom is -0.463 e. The van der Waals surface area contributed by atoms with Crippen LogP contribution in [0.1, 0.15) is 36.7 Å². The van der Waals surface area contributed by atoms with Crippen LogP contribution in [-0.2, 0) is 0 Å². The van der Waals surface area contributed by atoms with Crippen LogP contribution >= 0.6 is 24.8 Å². The molecule has 0 spiro atoms. The Labute approximate surface area is 176 Å². The number of nitrogens with zero attached hydrogens (tertiary/aromatic N) is 4. The van der Waals surface area contributed by atoms with Gasteiger partial charge in [-0.3, -0.25) is 4.79 Å². The van der Waals surface area contributed by atoms with Crippen LogP contribution in [0.15, 0.2) is 35.1 Å². The van der Waals surface area contributed by atoms with Crippen LogP contribution in [0.4, 0.5) is 0 Å². The molecule has 1 unspecified atom stereocenters. The van der Waals surface area contributed by atoms with Crippen LogP contribution in [0.5, 0.6) is 0 Å². The fraction of sp³-hybridized carbons (Fsp3) is 0.421. The highest BCUT2D eigenvalue weighted by Gasteiger charge is 2.27. The highest BCUT2D eigenvalue weighted by molar-refractivity contribution is 6.06. The van der Waals surface area contributed by atoms with Crippen LogP contribution in [0, 0.1) is 0 Å². The van der Waals surface area contributed by atoms with Gasteiger partial charge >= 0.3 is 0 Å². The predicted octanol–water partition coefficient (Wildman–Crippen LogP) is 3.55. The fourth-order valence-corrected chi connectivity index (χ4v) is 3.45. The number of halogens is 2. The van der Waals surface area contributed by atoms with E-state index in [1.54, 1.807) is 12.5 Å². The summed E-state index contributed by atoms with van der Waals surface area (Å²) >= 11 is 0. The number of pyridine rings is 1. The fourth-order valence-electron chi connectivity index (χ4n) is 3.45. The smallest absolute Gasteiger partial charge is 0.254 e. The number of carbonyl (C=O) groups excluding carboxylic acids is 1. The first-order valence-electron chi connectivity index (χ1n) is 8.96. The number of carbonyl (C=O) groups is 1. The molecule has 3 aromatic heterocycles. The van der Waals surface area contributed by atoms with E-state index in [2.05, 4.69) is 10.4 Å². The van der Waals surface area contributed by atoms with Gasteiger partial charge in [0.2, 0.25) is 0 Å². The second-order valence-electron chi connectivity index (χ2n) is 7.02. The van der Waals surface area contributed by atoms with E-state index in [4.69, 9.17) is 9.40 Å². The summed E-state index contributed by atoms with van der Waals surface area (Å²) < 4.78 is 7.36. The summed E-state index contributed by atoms with van der Waals surface area (Å²) in [7, 11) is 1.87. The highest BCUT2D eigenvalue weighted by Crippen LogP contribution is 2.28. The maximum Gasteiger partial charge on any atom is 0.254 e. The van der Waals surface area contributed by atoms with Gasteiger partial charge in [0.1, 0.15) is 5.69 Å². The van der Waals surface area contributed by atoms with Gasteiger partial charge in [0.05, 0.1) is 23.4 Å². The number of hydrogen-bond donors (Lipinski definition) is 1. The lowest BCUT2D eigenvalue weighted by Crippen LogP contribution is -2.38. The van der Waals surface area contributed by atoms with Crippen molar-refractivity contribution in [2.75, 3.05) is 20.1 Å². The Morgan fingerprint density at radius 1 is 1.39 bits per heavy atom. The van der Waals surface area contributed by atoms with Crippen molar-refractivity contribution in [1.82, 2.24) is 25.0 Å². The molecule has 0 radical (unpaired) electrons. The average Bonchev–Trinajstić information content (AvgIpc) is 3.40. The number of amides is 1. The molecule has 3 aromatic rings. The number of rotatable bonds is 4. The van der Waals surface area contributed by atoms with Crippen molar-refractivity contribution in [3.63, 3.8) is 0 Å². The van der Waals surface area contributed by atoms with Gasteiger partial charge in [-0.25, -0.2) is 9.67 Å². The Kier molecular flexibility index (Phi) is 7.09. The summed E-state index contributed by atoms with van der Waals surface area (Å²) in [5, 5.41) is 8.54. The summed E-state index contributed by atoms with van der Waals surface area (Å²) in [6.45, 7) is 5.86. The third kappa shape index (κ3) is 3.87. The van der Waals surface area contributed by atoms with Gasteiger partial charge in [0.25, 0.3) is 5.91 Å². The molecule has 28 heavy (non-hydrogen) atoms. The molecule has 1 N–H and O–H groups in total. The molecule has 0 aromatic carbocycles. The second kappa shape index (κ2) is 8.94. The van der Waals surface area contributed by atoms with Crippen molar-refractivity contribution >= 4 is 41.8 Å². The molecule has 1 amide bonds. The van der Waals surface area contributed by atoms with E-state index in [1.165, 1.54) is 0 Å². The minimum atomic E-state index is -0.0118. The SMILES string of the molecule is CC(C)n1ncc2c(C(=O)N(C)C3CCNC3)cc(-c3ccco3)nc21.Cl.Cl. The quantitative estimate of drug-likeness (QED) is 0.691. The van der Waals surface area contributed by atoms with Gasteiger partial charge in [0.15, 0.2) is 11.4 Å². The van der Waals surface area contributed by atoms with E-state index >= 15 is 0 Å². The van der Waals surface area contributed by atoms with Gasteiger partial charge in [0, 0.05) is 25.7 Å². The van der Waals surface area contributed by atoms with Gasteiger partial charge in [-0.15, -0.1) is 24.8 Å². The zero-order chi connectivity index (χ0) is 18.3. The Hall–Kier alpha value is -2.09. The maximum atomic E-state index is 13.2. The molecule has 1 atom stereocenters. The molecular weight excluding hydrogens is 401 g/mol. The van der Waals surface area contributed by atoms with Gasteiger partial charge in [-0.05, 0) is 45.0 Å². The number of fused-ring (bicyclic) bond motifs is 1. The zero-order valence-electron chi connectivity index (χ0n) is 16.1. The summed E-state index contributed by atoms with van der Waals surface area (Å²) in [5.41, 5.74) is 1.96. The third-order valence-corrected chi connectivity index (χ3v) is 4.96. The topological polar surface area (TPSA) is 76.2 Å². The average molecular weight is 426 g/mol. The Bertz CT molecular complexity index is 933. The number of likely N-dealkylation sites (N-methyl/N-ethyl adjacent to an activating group) is 1. The first-order chi connectivity index (χ1) is 12.6. The standard InChI is InChI=1S/C19H23N5O2.2ClH/c1-12(2)24-18-15(11-21-24)14(9-16(22-18)17-5-4-8-26-17)19(25)23(3)13-6-7-20-10-13;;/h4-5,8-9,11-13,20H,6-7,10H2,1-3H3;2*1H. The molecule has 152 valence electrons. The van der Waals surface area contributed by atoms with E-state index in [0.29, 0.717) is 22.7 Å². The number of nitrogens with one attached hydrogen (secondary N) is 1. The lowest BCUT2D eigenvalue weighted by atomic mass is 10.1. The molecule has 1 aliphatic heterocycles. The van der Waals surface area contributed by atoms with Gasteiger partial charge < -0.3 is 14.6 Å². The summed E-state index contributed by atoms with van der Waals surface area (Å²) in [6.07, 6.45) is 4.31. The molecule has 4 rings (SSSR count). The molecular formula is C19H25Cl2N5O2. The largest absolute Gasteiger partial charge is 0.463 e. The normalized spacial score (nSPS) is 16.1. The van der Waals surface area contributed by atoms with Crippen LogP contribution in [0.3, 0.4) is 0 Å². The monoisotopic (exact) mass is 425 g/mol. The Balaban J connectivity index is 0.00000140. The van der Waals surface area contributed by atoms with E-state index in [1.807, 2.05) is 48.7 Å². The van der Waals surface area contributed by atoms with E-state index in [0.717, 1.165) is 24.9 Å². The Morgan fingerprint density at radius 2 is 2.18 bits per heavy atom. The number of hydrogen-bond acceptors (Lipinski definition) is 5. The van der Waals surface area contributed by atoms with Crippen LogP contribution in [0.2, 0.25) is 0 Å². The van der Waals surface area contributed by atoms with Gasteiger partial charge in [-0.1, -0.05) is 0 Å². The van der Waals surface area contributed by atoms with Crippen molar-refractivity contribution in [2.45, 2.75) is 32.4 Å². The van der Waals surface area contributed by atoms with Crippen LogP contribution < -0.4 is 5.32 Å². The molecule has 1 fully saturated rings. The molecule has 1 aliphatic rings. The molecule has 0 saturated carbocycles. The second-order valence-corrected chi connectivity index (χ2v) is 7.02. The molecule has 0 bridgehead atoms. The van der Waals surface area contributed by atoms with Crippen LogP contribution in [0.25, 0.3) is 22.5 Å². The van der Waals surface area contributed by atoms with Crippen molar-refractivity contribution < 1.29 is 9.21 Å². The van der Waals surface area contributed by atoms with Crippen molar-refractivity contribution in [2.24, 2.45) is 0 Å². The molecule has 9 heteroatoms. The van der Waals surface area contributed by atoms with Crippen molar-refractivity contribution in [1.29, 1.82) is 0 Å². The summed E-state index contributed by atoms with van der Waals surface area (Å²) in [5.74, 6) is 0.629. The van der Waals surface area contributed by atoms with E-state index < -0.39 is 0 Å². The van der Waals surface area contributed by atoms with Crippen LogP contribution in [-0.4, -0.2) is 51.8 Å².